The topological polar surface area (TPSA) is 9.23 Å². The largest absolute Gasteiger partial charge is 0.381 e. The van der Waals surface area contributed by atoms with E-state index in [4.69, 9.17) is 4.74 Å². The summed E-state index contributed by atoms with van der Waals surface area (Å²) in [6.07, 6.45) is 13.9. The minimum atomic E-state index is 0.859. The van der Waals surface area contributed by atoms with Gasteiger partial charge in [-0.2, -0.15) is 0 Å². The minimum absolute atomic E-state index is 0.859. The van der Waals surface area contributed by atoms with Crippen LogP contribution >= 0.6 is 15.9 Å². The molecule has 16 heavy (non-hydrogen) atoms. The number of alkyl halides is 1. The van der Waals surface area contributed by atoms with Gasteiger partial charge in [0.25, 0.3) is 0 Å². The molecule has 98 valence electrons. The lowest BCUT2D eigenvalue weighted by Crippen LogP contribution is -1.97. The number of ether oxygens (including phenoxy) is 1. The molecule has 0 spiro atoms. The Morgan fingerprint density at radius 1 is 0.688 bits per heavy atom. The van der Waals surface area contributed by atoms with Crippen molar-refractivity contribution in [3.63, 3.8) is 0 Å². The highest BCUT2D eigenvalue weighted by atomic mass is 79.9. The number of hydrogen-bond acceptors (Lipinski definition) is 1. The zero-order valence-electron chi connectivity index (χ0n) is 11.0. The Morgan fingerprint density at radius 3 is 1.69 bits per heavy atom. The zero-order valence-corrected chi connectivity index (χ0v) is 12.6. The molecule has 0 saturated carbocycles. The highest BCUT2D eigenvalue weighted by Gasteiger charge is 1.92. The molecule has 0 aliphatic rings. The average Bonchev–Trinajstić information content (AvgIpc) is 2.31. The first-order chi connectivity index (χ1) is 7.91. The molecule has 0 rings (SSSR count). The molecule has 0 radical (unpaired) electrons. The van der Waals surface area contributed by atoms with E-state index in [9.17, 15) is 0 Å². The van der Waals surface area contributed by atoms with Crippen LogP contribution in [0.4, 0.5) is 0 Å². The molecule has 0 aromatic heterocycles. The molecule has 0 N–H and O–H groups in total. The van der Waals surface area contributed by atoms with E-state index in [0.29, 0.717) is 0 Å². The van der Waals surface area contributed by atoms with E-state index < -0.39 is 0 Å². The van der Waals surface area contributed by atoms with Crippen LogP contribution in [0.3, 0.4) is 0 Å². The summed E-state index contributed by atoms with van der Waals surface area (Å²) in [6, 6.07) is 0. The smallest absolute Gasteiger partial charge is 0.0563 e. The van der Waals surface area contributed by atoms with Crippen molar-refractivity contribution in [2.24, 2.45) is 0 Å². The van der Waals surface area contributed by atoms with Crippen molar-refractivity contribution < 1.29 is 4.74 Å². The molecule has 0 amide bonds. The molecule has 1 nitrogen and oxygen atoms in total. The van der Waals surface area contributed by atoms with Gasteiger partial charge in [-0.1, -0.05) is 80.6 Å². The second kappa shape index (κ2) is 15.4. The van der Waals surface area contributed by atoms with Crippen molar-refractivity contribution in [1.29, 1.82) is 0 Å². The Hall–Kier alpha value is 0.440. The molecule has 0 aromatic rings. The normalized spacial score (nSPS) is 10.9. The maximum Gasteiger partial charge on any atom is 0.0563 e. The molecule has 0 atom stereocenters. The SMILES string of the molecule is CCCCCCCCCCCCOCCBr. The molecule has 0 saturated heterocycles. The lowest BCUT2D eigenvalue weighted by atomic mass is 10.1. The van der Waals surface area contributed by atoms with Crippen LogP contribution in [0.15, 0.2) is 0 Å². The van der Waals surface area contributed by atoms with E-state index >= 15 is 0 Å². The van der Waals surface area contributed by atoms with Crippen molar-refractivity contribution >= 4 is 15.9 Å². The van der Waals surface area contributed by atoms with Gasteiger partial charge >= 0.3 is 0 Å². The number of halogens is 1. The Labute approximate surface area is 110 Å². The third kappa shape index (κ3) is 14.4. The molecule has 0 aliphatic carbocycles. The van der Waals surface area contributed by atoms with E-state index in [0.717, 1.165) is 18.5 Å². The van der Waals surface area contributed by atoms with Gasteiger partial charge in [0.15, 0.2) is 0 Å². The first kappa shape index (κ1) is 16.4. The zero-order chi connectivity index (χ0) is 11.9. The van der Waals surface area contributed by atoms with Crippen molar-refractivity contribution in [3.05, 3.63) is 0 Å². The maximum atomic E-state index is 5.41. The predicted octanol–water partition coefficient (Wildman–Crippen LogP) is 5.32. The molecular weight excluding hydrogens is 264 g/mol. The summed E-state index contributed by atoms with van der Waals surface area (Å²) in [7, 11) is 0. The lowest BCUT2D eigenvalue weighted by Gasteiger charge is -2.03. The van der Waals surface area contributed by atoms with Gasteiger partial charge in [0.1, 0.15) is 0 Å². The van der Waals surface area contributed by atoms with Crippen LogP contribution in [-0.4, -0.2) is 18.5 Å². The van der Waals surface area contributed by atoms with Gasteiger partial charge in [0.05, 0.1) is 6.61 Å². The Bertz CT molecular complexity index is 103. The van der Waals surface area contributed by atoms with Crippen LogP contribution < -0.4 is 0 Å². The molecule has 2 heteroatoms. The van der Waals surface area contributed by atoms with E-state index in [2.05, 4.69) is 22.9 Å². The third-order valence-corrected chi connectivity index (χ3v) is 3.19. The van der Waals surface area contributed by atoms with Crippen LogP contribution in [0.2, 0.25) is 0 Å². The van der Waals surface area contributed by atoms with Gasteiger partial charge in [-0.05, 0) is 6.42 Å². The number of unbranched alkanes of at least 4 members (excludes halogenated alkanes) is 9. The summed E-state index contributed by atoms with van der Waals surface area (Å²) in [5, 5.41) is 0.963. The van der Waals surface area contributed by atoms with Crippen LogP contribution in [0.1, 0.15) is 71.1 Å². The highest BCUT2D eigenvalue weighted by molar-refractivity contribution is 9.09. The molecular formula is C14H29BrO. The Kier molecular flexibility index (Phi) is 15.9. The molecule has 0 aliphatic heterocycles. The summed E-state index contributed by atoms with van der Waals surface area (Å²) < 4.78 is 5.41. The predicted molar refractivity (Wildman–Crippen MR) is 76.5 cm³/mol. The molecule has 0 bridgehead atoms. The van der Waals surface area contributed by atoms with Crippen molar-refractivity contribution in [2.45, 2.75) is 71.1 Å². The van der Waals surface area contributed by atoms with E-state index in [1.54, 1.807) is 0 Å². The minimum Gasteiger partial charge on any atom is -0.381 e. The van der Waals surface area contributed by atoms with Crippen molar-refractivity contribution in [1.82, 2.24) is 0 Å². The fraction of sp³-hybridized carbons (Fsp3) is 1.00. The van der Waals surface area contributed by atoms with Crippen LogP contribution in [0, 0.1) is 0 Å². The van der Waals surface area contributed by atoms with E-state index in [-0.39, 0.29) is 0 Å². The molecule has 0 unspecified atom stereocenters. The second-order valence-corrected chi connectivity index (χ2v) is 5.28. The highest BCUT2D eigenvalue weighted by Crippen LogP contribution is 2.10. The fourth-order valence-electron chi connectivity index (χ4n) is 1.85. The van der Waals surface area contributed by atoms with Gasteiger partial charge in [-0.3, -0.25) is 0 Å². The van der Waals surface area contributed by atoms with E-state index in [1.807, 2.05) is 0 Å². The lowest BCUT2D eigenvalue weighted by molar-refractivity contribution is 0.146. The van der Waals surface area contributed by atoms with Crippen molar-refractivity contribution in [3.8, 4) is 0 Å². The molecule has 0 fully saturated rings. The third-order valence-electron chi connectivity index (χ3n) is 2.86. The van der Waals surface area contributed by atoms with Gasteiger partial charge in [0, 0.05) is 11.9 Å². The second-order valence-electron chi connectivity index (χ2n) is 4.48. The fourth-order valence-corrected chi connectivity index (χ4v) is 2.08. The first-order valence-electron chi connectivity index (χ1n) is 7.05. The van der Waals surface area contributed by atoms with Crippen molar-refractivity contribution in [2.75, 3.05) is 18.5 Å². The quantitative estimate of drug-likeness (QED) is 0.330. The van der Waals surface area contributed by atoms with Gasteiger partial charge in [-0.25, -0.2) is 0 Å². The standard InChI is InChI=1S/C14H29BrO/c1-2-3-4-5-6-7-8-9-10-11-13-16-14-12-15/h2-14H2,1H3. The summed E-state index contributed by atoms with van der Waals surface area (Å²) in [6.45, 7) is 4.08. The number of hydrogen-bond donors (Lipinski definition) is 0. The molecule has 0 heterocycles. The van der Waals surface area contributed by atoms with Gasteiger partial charge in [0.2, 0.25) is 0 Å². The van der Waals surface area contributed by atoms with Crippen LogP contribution in [0.5, 0.6) is 0 Å². The van der Waals surface area contributed by atoms with Gasteiger partial charge in [-0.15, -0.1) is 0 Å². The summed E-state index contributed by atoms with van der Waals surface area (Å²) in [5.74, 6) is 0. The van der Waals surface area contributed by atoms with Crippen LogP contribution in [0.25, 0.3) is 0 Å². The van der Waals surface area contributed by atoms with E-state index in [1.165, 1.54) is 64.2 Å². The summed E-state index contributed by atoms with van der Waals surface area (Å²) in [5.41, 5.74) is 0. The average molecular weight is 293 g/mol. The first-order valence-corrected chi connectivity index (χ1v) is 8.17. The maximum absolute atomic E-state index is 5.41. The number of rotatable bonds is 13. The summed E-state index contributed by atoms with van der Waals surface area (Å²) in [4.78, 5) is 0. The summed E-state index contributed by atoms with van der Waals surface area (Å²) >= 11 is 3.35. The Morgan fingerprint density at radius 2 is 1.19 bits per heavy atom. The Balaban J connectivity index is 2.83. The van der Waals surface area contributed by atoms with Gasteiger partial charge < -0.3 is 4.74 Å². The van der Waals surface area contributed by atoms with Crippen LogP contribution in [-0.2, 0) is 4.74 Å². The monoisotopic (exact) mass is 292 g/mol. The molecule has 0 aromatic carbocycles.